The zero-order chi connectivity index (χ0) is 19.7. The Bertz CT molecular complexity index is 885. The largest absolute Gasteiger partial charge is 0.507 e. The smallest absolute Gasteiger partial charge is 0.259 e. The minimum absolute atomic E-state index is 0.0659. The number of rotatable bonds is 2. The molecular formula is C18H15Cl3N2O4. The number of phenols is 2. The van der Waals surface area contributed by atoms with Gasteiger partial charge in [-0.1, -0.05) is 46.9 Å². The second-order valence-corrected chi connectivity index (χ2v) is 7.17. The SMILES string of the molecule is O=C(c1ccccc1O)N1CCN(C(=O)c2c(O)c(Cl)cc(Cl)c2Cl)CC1. The van der Waals surface area contributed by atoms with Crippen LogP contribution < -0.4 is 0 Å². The Balaban J connectivity index is 1.74. The lowest BCUT2D eigenvalue weighted by atomic mass is 10.1. The summed E-state index contributed by atoms with van der Waals surface area (Å²) in [6.07, 6.45) is 0. The number of benzene rings is 2. The summed E-state index contributed by atoms with van der Waals surface area (Å²) in [5.41, 5.74) is 0.0502. The Morgan fingerprint density at radius 3 is 2.00 bits per heavy atom. The molecule has 3 rings (SSSR count). The molecule has 2 N–H and O–H groups in total. The van der Waals surface area contributed by atoms with Crippen molar-refractivity contribution in [1.82, 2.24) is 9.80 Å². The first-order chi connectivity index (χ1) is 12.8. The monoisotopic (exact) mass is 428 g/mol. The molecule has 0 bridgehead atoms. The van der Waals surface area contributed by atoms with Gasteiger partial charge in [-0.15, -0.1) is 0 Å². The lowest BCUT2D eigenvalue weighted by Crippen LogP contribution is -2.50. The Hall–Kier alpha value is -2.15. The standard InChI is InChI=1S/C18H15Cl3N2O4/c19-11-9-12(20)16(25)14(15(11)21)18(27)23-7-5-22(6-8-23)17(26)10-3-1-2-4-13(10)24/h1-4,9,24-25H,5-8H2. The van der Waals surface area contributed by atoms with E-state index < -0.39 is 11.7 Å². The van der Waals surface area contributed by atoms with Crippen LogP contribution in [0.4, 0.5) is 0 Å². The highest BCUT2D eigenvalue weighted by atomic mass is 35.5. The molecule has 0 atom stereocenters. The first-order valence-corrected chi connectivity index (χ1v) is 9.17. The van der Waals surface area contributed by atoms with Gasteiger partial charge >= 0.3 is 0 Å². The van der Waals surface area contributed by atoms with Crippen molar-refractivity contribution in [3.8, 4) is 11.5 Å². The molecule has 2 aromatic rings. The maximum Gasteiger partial charge on any atom is 0.259 e. The fraction of sp³-hybridized carbons (Fsp3) is 0.222. The van der Waals surface area contributed by atoms with Gasteiger partial charge in [0.2, 0.25) is 0 Å². The van der Waals surface area contributed by atoms with Crippen molar-refractivity contribution in [2.45, 2.75) is 0 Å². The van der Waals surface area contributed by atoms with E-state index in [-0.39, 0.29) is 64.0 Å². The number of carbonyl (C=O) groups is 2. The number of para-hydroxylation sites is 1. The molecule has 1 aliphatic heterocycles. The molecule has 0 unspecified atom stereocenters. The minimum Gasteiger partial charge on any atom is -0.507 e. The van der Waals surface area contributed by atoms with Crippen LogP contribution >= 0.6 is 34.8 Å². The number of hydrogen-bond donors (Lipinski definition) is 2. The zero-order valence-corrected chi connectivity index (χ0v) is 16.2. The van der Waals surface area contributed by atoms with Crippen LogP contribution in [0.2, 0.25) is 15.1 Å². The number of phenolic OH excluding ortho intramolecular Hbond substituents is 2. The highest BCUT2D eigenvalue weighted by molar-refractivity contribution is 6.45. The first kappa shape index (κ1) is 19.6. The van der Waals surface area contributed by atoms with E-state index in [0.29, 0.717) is 0 Å². The molecule has 0 spiro atoms. The van der Waals surface area contributed by atoms with E-state index in [1.807, 2.05) is 0 Å². The predicted octanol–water partition coefficient (Wildman–Crippen LogP) is 3.66. The van der Waals surface area contributed by atoms with Gasteiger partial charge in [-0.3, -0.25) is 9.59 Å². The summed E-state index contributed by atoms with van der Waals surface area (Å²) in [6.45, 7) is 1.01. The van der Waals surface area contributed by atoms with Crippen LogP contribution in [-0.2, 0) is 0 Å². The summed E-state index contributed by atoms with van der Waals surface area (Å²) in [5.74, 6) is -1.35. The maximum atomic E-state index is 12.8. The lowest BCUT2D eigenvalue weighted by molar-refractivity contribution is 0.0532. The van der Waals surface area contributed by atoms with Gasteiger partial charge in [-0.2, -0.15) is 0 Å². The van der Waals surface area contributed by atoms with Crippen LogP contribution in [0.3, 0.4) is 0 Å². The average Bonchev–Trinajstić information content (AvgIpc) is 2.66. The quantitative estimate of drug-likeness (QED) is 0.714. The van der Waals surface area contributed by atoms with Gasteiger partial charge in [0.25, 0.3) is 11.8 Å². The Kier molecular flexibility index (Phi) is 5.69. The van der Waals surface area contributed by atoms with E-state index in [1.54, 1.807) is 23.1 Å². The summed E-state index contributed by atoms with van der Waals surface area (Å²) in [6, 6.07) is 7.55. The number of carbonyl (C=O) groups excluding carboxylic acids is 2. The Morgan fingerprint density at radius 1 is 0.852 bits per heavy atom. The molecule has 0 aliphatic carbocycles. The van der Waals surface area contributed by atoms with Crippen LogP contribution in [0.25, 0.3) is 0 Å². The van der Waals surface area contributed by atoms with Crippen molar-refractivity contribution in [2.24, 2.45) is 0 Å². The van der Waals surface area contributed by atoms with E-state index in [4.69, 9.17) is 34.8 Å². The lowest BCUT2D eigenvalue weighted by Gasteiger charge is -2.35. The zero-order valence-electron chi connectivity index (χ0n) is 14.0. The number of aromatic hydroxyl groups is 2. The number of halogens is 3. The molecular weight excluding hydrogens is 415 g/mol. The normalized spacial score (nSPS) is 14.3. The van der Waals surface area contributed by atoms with Crippen LogP contribution in [0, 0.1) is 0 Å². The maximum absolute atomic E-state index is 12.8. The van der Waals surface area contributed by atoms with Crippen molar-refractivity contribution in [2.75, 3.05) is 26.2 Å². The first-order valence-electron chi connectivity index (χ1n) is 8.04. The second kappa shape index (κ2) is 7.84. The van der Waals surface area contributed by atoms with Crippen molar-refractivity contribution in [1.29, 1.82) is 0 Å². The molecule has 1 aliphatic rings. The molecule has 9 heteroatoms. The van der Waals surface area contributed by atoms with Gasteiger partial charge in [0.15, 0.2) is 0 Å². The fourth-order valence-corrected chi connectivity index (χ4v) is 3.56. The molecule has 0 saturated carbocycles. The molecule has 2 amide bonds. The summed E-state index contributed by atoms with van der Waals surface area (Å²) >= 11 is 17.9. The van der Waals surface area contributed by atoms with Crippen molar-refractivity contribution in [3.05, 3.63) is 56.5 Å². The summed E-state index contributed by atoms with van der Waals surface area (Å²) in [4.78, 5) is 28.3. The second-order valence-electron chi connectivity index (χ2n) is 5.98. The topological polar surface area (TPSA) is 81.1 Å². The summed E-state index contributed by atoms with van der Waals surface area (Å²) in [5, 5.41) is 19.9. The van der Waals surface area contributed by atoms with E-state index in [0.717, 1.165) is 0 Å². The summed E-state index contributed by atoms with van der Waals surface area (Å²) < 4.78 is 0. The number of piperazine rings is 1. The van der Waals surface area contributed by atoms with Gasteiger partial charge in [-0.05, 0) is 18.2 Å². The molecule has 0 radical (unpaired) electrons. The third kappa shape index (κ3) is 3.78. The molecule has 142 valence electrons. The van der Waals surface area contributed by atoms with Gasteiger partial charge in [0.05, 0.1) is 20.6 Å². The Morgan fingerprint density at radius 2 is 1.41 bits per heavy atom. The van der Waals surface area contributed by atoms with E-state index in [1.165, 1.54) is 17.0 Å². The average molecular weight is 430 g/mol. The van der Waals surface area contributed by atoms with Crippen molar-refractivity contribution in [3.63, 3.8) is 0 Å². The van der Waals surface area contributed by atoms with Gasteiger partial charge in [0, 0.05) is 26.2 Å². The summed E-state index contributed by atoms with van der Waals surface area (Å²) in [7, 11) is 0. The van der Waals surface area contributed by atoms with Crippen LogP contribution in [0.1, 0.15) is 20.7 Å². The van der Waals surface area contributed by atoms with E-state index in [2.05, 4.69) is 0 Å². The van der Waals surface area contributed by atoms with Gasteiger partial charge < -0.3 is 20.0 Å². The third-order valence-corrected chi connectivity index (χ3v) is 5.42. The van der Waals surface area contributed by atoms with Crippen molar-refractivity contribution < 1.29 is 19.8 Å². The van der Waals surface area contributed by atoms with Gasteiger partial charge in [-0.25, -0.2) is 0 Å². The molecule has 6 nitrogen and oxygen atoms in total. The van der Waals surface area contributed by atoms with Crippen LogP contribution in [0.5, 0.6) is 11.5 Å². The van der Waals surface area contributed by atoms with Crippen LogP contribution in [-0.4, -0.2) is 58.0 Å². The number of nitrogens with zero attached hydrogens (tertiary/aromatic N) is 2. The molecule has 0 aromatic heterocycles. The van der Waals surface area contributed by atoms with Gasteiger partial charge in [0.1, 0.15) is 17.1 Å². The highest BCUT2D eigenvalue weighted by Crippen LogP contribution is 2.39. The minimum atomic E-state index is -0.517. The molecule has 1 saturated heterocycles. The van der Waals surface area contributed by atoms with E-state index >= 15 is 0 Å². The number of amides is 2. The number of hydrogen-bond acceptors (Lipinski definition) is 4. The fourth-order valence-electron chi connectivity index (χ4n) is 2.88. The van der Waals surface area contributed by atoms with E-state index in [9.17, 15) is 19.8 Å². The molecule has 1 heterocycles. The van der Waals surface area contributed by atoms with Crippen LogP contribution in [0.15, 0.2) is 30.3 Å². The van der Waals surface area contributed by atoms with Crippen molar-refractivity contribution >= 4 is 46.6 Å². The predicted molar refractivity (Wildman–Crippen MR) is 103 cm³/mol. The molecule has 2 aromatic carbocycles. The Labute approximate surface area is 170 Å². The highest BCUT2D eigenvalue weighted by Gasteiger charge is 2.30. The molecule has 1 fully saturated rings. The molecule has 27 heavy (non-hydrogen) atoms. The third-order valence-electron chi connectivity index (χ3n) is 4.35.